The molecule has 3 fully saturated rings. The minimum absolute atomic E-state index is 0.101. The molecule has 0 radical (unpaired) electrons. The summed E-state index contributed by atoms with van der Waals surface area (Å²) >= 11 is 3.33. The maximum Gasteiger partial charge on any atom is 0.272 e. The van der Waals surface area contributed by atoms with Crippen LogP contribution in [0.3, 0.4) is 0 Å². The number of halogens is 3. The number of benzene rings is 1. The van der Waals surface area contributed by atoms with Gasteiger partial charge in [-0.1, -0.05) is 19.1 Å². The molecule has 1 saturated carbocycles. The van der Waals surface area contributed by atoms with Crippen molar-refractivity contribution in [3.63, 3.8) is 0 Å². The number of aryl methyl sites for hydroxylation is 1. The summed E-state index contributed by atoms with van der Waals surface area (Å²) in [5, 5.41) is 8.02. The van der Waals surface area contributed by atoms with E-state index in [2.05, 4.69) is 48.2 Å². The Morgan fingerprint density at radius 2 is 1.80 bits per heavy atom. The van der Waals surface area contributed by atoms with Gasteiger partial charge in [0, 0.05) is 48.4 Å². The fourth-order valence-corrected chi connectivity index (χ4v) is 7.02. The minimum Gasteiger partial charge on any atom is -0.325 e. The van der Waals surface area contributed by atoms with Crippen LogP contribution in [0.4, 0.5) is 14.6 Å². The van der Waals surface area contributed by atoms with Crippen molar-refractivity contribution in [2.24, 2.45) is 5.41 Å². The van der Waals surface area contributed by atoms with Crippen LogP contribution in [-0.4, -0.2) is 83.2 Å². The number of ketones is 1. The standard InChI is InChI=1S/C32H31BrF2N8O3/c1-17(44)28-22-8-19(21-11-36-18(2)37-12-21)4-6-23(22)42(40-28)14-27(45)43-24(9-31(3)10-25(31)43)30(46)39-29-20(5-7-26(33)38-29)13-41-15-32(34,35)16-41/h4-8,11-12,24-25H,9-10,13-16H2,1-3H3,(H,38,39,46)/t24-,25+,31-/m0/s1. The minimum atomic E-state index is -2.71. The lowest BCUT2D eigenvalue weighted by atomic mass is 10.0. The molecule has 11 nitrogen and oxygen atoms in total. The van der Waals surface area contributed by atoms with Gasteiger partial charge in [0.25, 0.3) is 5.92 Å². The first-order valence-electron chi connectivity index (χ1n) is 15.0. The summed E-state index contributed by atoms with van der Waals surface area (Å²) in [5.74, 6) is -2.70. The second-order valence-electron chi connectivity index (χ2n) is 12.8. The van der Waals surface area contributed by atoms with Crippen molar-refractivity contribution in [2.75, 3.05) is 18.4 Å². The average Bonchev–Trinajstić information content (AvgIpc) is 3.35. The second kappa shape index (κ2) is 11.0. The molecule has 3 aliphatic rings. The summed E-state index contributed by atoms with van der Waals surface area (Å²) in [6, 6.07) is 8.13. The van der Waals surface area contributed by atoms with Gasteiger partial charge in [0.15, 0.2) is 5.78 Å². The van der Waals surface area contributed by atoms with Crippen LogP contribution in [0.25, 0.3) is 22.0 Å². The Labute approximate surface area is 271 Å². The molecule has 1 aliphatic carbocycles. The Morgan fingerprint density at radius 3 is 2.50 bits per heavy atom. The summed E-state index contributed by atoms with van der Waals surface area (Å²) in [6.45, 7) is 4.65. The fraction of sp³-hybridized carbons (Fsp3) is 0.406. The number of Topliss-reactive ketones (excluding diaryl/α,β-unsaturated/α-hetero) is 1. The van der Waals surface area contributed by atoms with Crippen LogP contribution in [0, 0.1) is 12.3 Å². The number of piperidine rings is 1. The summed E-state index contributed by atoms with van der Waals surface area (Å²) in [6.07, 6.45) is 4.70. The number of nitrogens with one attached hydrogen (secondary N) is 1. The number of fused-ring (bicyclic) bond motifs is 2. The maximum absolute atomic E-state index is 14.0. The molecule has 3 atom stereocenters. The number of likely N-dealkylation sites (tertiary alicyclic amines) is 2. The van der Waals surface area contributed by atoms with Crippen LogP contribution >= 0.6 is 15.9 Å². The highest BCUT2D eigenvalue weighted by Crippen LogP contribution is 2.59. The predicted octanol–water partition coefficient (Wildman–Crippen LogP) is 4.63. The van der Waals surface area contributed by atoms with Gasteiger partial charge in [-0.25, -0.2) is 23.7 Å². The molecule has 3 aromatic heterocycles. The number of aromatic nitrogens is 5. The summed E-state index contributed by atoms with van der Waals surface area (Å²) < 4.78 is 28.9. The Hall–Kier alpha value is -4.17. The zero-order valence-electron chi connectivity index (χ0n) is 25.4. The highest BCUT2D eigenvalue weighted by molar-refractivity contribution is 9.10. The molecular formula is C32H31BrF2N8O3. The van der Waals surface area contributed by atoms with Crippen LogP contribution in [0.1, 0.15) is 48.6 Å². The van der Waals surface area contributed by atoms with E-state index in [9.17, 15) is 23.2 Å². The molecule has 14 heteroatoms. The lowest BCUT2D eigenvalue weighted by molar-refractivity contribution is -0.138. The first kappa shape index (κ1) is 30.5. The molecule has 0 bridgehead atoms. The van der Waals surface area contributed by atoms with Crippen LogP contribution in [-0.2, 0) is 22.7 Å². The first-order valence-corrected chi connectivity index (χ1v) is 15.8. The number of carbonyl (C=O) groups excluding carboxylic acids is 3. The van der Waals surface area contributed by atoms with Crippen LogP contribution in [0.5, 0.6) is 0 Å². The average molecular weight is 694 g/mol. The van der Waals surface area contributed by atoms with Gasteiger partial charge < -0.3 is 10.2 Å². The SMILES string of the molecule is CC(=O)c1nn(CC(=O)N2[C@H](C(=O)Nc3nc(Br)ccc3CN3CC(F)(F)C3)C[C@@]3(C)C[C@@H]23)c2ccc(-c3cnc(C)nc3)cc12. The van der Waals surface area contributed by atoms with E-state index in [4.69, 9.17) is 0 Å². The summed E-state index contributed by atoms with van der Waals surface area (Å²) in [7, 11) is 0. The molecule has 1 aromatic carbocycles. The van der Waals surface area contributed by atoms with Crippen molar-refractivity contribution in [1.29, 1.82) is 0 Å². The lowest BCUT2D eigenvalue weighted by Crippen LogP contribution is -2.55. The van der Waals surface area contributed by atoms with Crippen LogP contribution in [0.15, 0.2) is 47.3 Å². The fourth-order valence-electron chi connectivity index (χ4n) is 6.71. The topological polar surface area (TPSA) is 126 Å². The van der Waals surface area contributed by atoms with Crippen LogP contribution < -0.4 is 5.32 Å². The van der Waals surface area contributed by atoms with Crippen molar-refractivity contribution in [3.8, 4) is 11.1 Å². The third-order valence-corrected chi connectivity index (χ3v) is 9.64. The molecule has 7 rings (SSSR count). The molecule has 238 valence electrons. The molecule has 4 aromatic rings. The van der Waals surface area contributed by atoms with E-state index >= 15 is 0 Å². The highest BCUT2D eigenvalue weighted by Gasteiger charge is 2.64. The number of hydrogen-bond donors (Lipinski definition) is 1. The first-order chi connectivity index (χ1) is 21.8. The number of nitrogens with zero attached hydrogens (tertiary/aromatic N) is 7. The van der Waals surface area contributed by atoms with E-state index in [0.717, 1.165) is 17.5 Å². The molecular weight excluding hydrogens is 662 g/mol. The lowest BCUT2D eigenvalue weighted by Gasteiger charge is -2.38. The van der Waals surface area contributed by atoms with E-state index in [-0.39, 0.29) is 66.7 Å². The normalized spacial score (nSPS) is 23.2. The van der Waals surface area contributed by atoms with Gasteiger partial charge in [0.1, 0.15) is 34.5 Å². The van der Waals surface area contributed by atoms with Crippen molar-refractivity contribution in [1.82, 2.24) is 34.5 Å². The third kappa shape index (κ3) is 5.57. The van der Waals surface area contributed by atoms with E-state index in [1.807, 2.05) is 18.2 Å². The molecule has 0 spiro atoms. The molecule has 2 aliphatic heterocycles. The predicted molar refractivity (Wildman–Crippen MR) is 168 cm³/mol. The number of carbonyl (C=O) groups is 3. The second-order valence-corrected chi connectivity index (χ2v) is 13.7. The summed E-state index contributed by atoms with van der Waals surface area (Å²) in [4.78, 5) is 56.5. The molecule has 5 heterocycles. The van der Waals surface area contributed by atoms with E-state index in [1.165, 1.54) is 11.6 Å². The largest absolute Gasteiger partial charge is 0.325 e. The van der Waals surface area contributed by atoms with E-state index < -0.39 is 12.0 Å². The Morgan fingerprint density at radius 1 is 1.07 bits per heavy atom. The Balaban J connectivity index is 1.13. The number of pyridine rings is 1. The van der Waals surface area contributed by atoms with E-state index in [0.29, 0.717) is 33.3 Å². The quantitative estimate of drug-likeness (QED) is 0.209. The van der Waals surface area contributed by atoms with Gasteiger partial charge in [-0.3, -0.25) is 24.0 Å². The van der Waals surface area contributed by atoms with Crippen molar-refractivity contribution in [3.05, 3.63) is 64.4 Å². The molecule has 2 saturated heterocycles. The third-order valence-electron chi connectivity index (χ3n) is 9.20. The molecule has 1 N–H and O–H groups in total. The van der Waals surface area contributed by atoms with Gasteiger partial charge in [0.05, 0.1) is 18.6 Å². The number of amides is 2. The zero-order chi connectivity index (χ0) is 32.5. The Kier molecular flexibility index (Phi) is 7.27. The Bertz CT molecular complexity index is 1910. The number of rotatable bonds is 8. The van der Waals surface area contributed by atoms with Crippen LogP contribution in [0.2, 0.25) is 0 Å². The molecule has 46 heavy (non-hydrogen) atoms. The van der Waals surface area contributed by atoms with Gasteiger partial charge >= 0.3 is 0 Å². The van der Waals surface area contributed by atoms with Gasteiger partial charge in [-0.15, -0.1) is 0 Å². The van der Waals surface area contributed by atoms with E-state index in [1.54, 1.807) is 41.2 Å². The van der Waals surface area contributed by atoms with Gasteiger partial charge in [-0.2, -0.15) is 5.10 Å². The number of hydrogen-bond acceptors (Lipinski definition) is 8. The molecule has 2 amide bonds. The van der Waals surface area contributed by atoms with Gasteiger partial charge in [0.2, 0.25) is 11.8 Å². The highest BCUT2D eigenvalue weighted by atomic mass is 79.9. The van der Waals surface area contributed by atoms with Crippen molar-refractivity contribution >= 4 is 50.2 Å². The monoisotopic (exact) mass is 692 g/mol. The summed E-state index contributed by atoms with van der Waals surface area (Å²) in [5.41, 5.74) is 2.89. The zero-order valence-corrected chi connectivity index (χ0v) is 27.0. The van der Waals surface area contributed by atoms with Crippen molar-refractivity contribution in [2.45, 2.75) is 64.7 Å². The molecule has 0 unspecified atom stereocenters. The number of alkyl halides is 2. The maximum atomic E-state index is 14.0. The number of anilines is 1. The van der Waals surface area contributed by atoms with Crippen molar-refractivity contribution < 1.29 is 23.2 Å². The smallest absolute Gasteiger partial charge is 0.272 e. The van der Waals surface area contributed by atoms with Gasteiger partial charge in [-0.05, 0) is 64.9 Å².